The number of carbonyl (C=O) groups excluding carboxylic acids is 1. The number of ether oxygens (including phenoxy) is 1. The quantitative estimate of drug-likeness (QED) is 0.902. The van der Waals surface area contributed by atoms with Crippen LogP contribution in [0.4, 0.5) is 0 Å². The van der Waals surface area contributed by atoms with Crippen LogP contribution in [0.3, 0.4) is 0 Å². The molecule has 0 spiro atoms. The first kappa shape index (κ1) is 11.6. The van der Waals surface area contributed by atoms with E-state index in [4.69, 9.17) is 10.5 Å². The summed E-state index contributed by atoms with van der Waals surface area (Å²) in [5.41, 5.74) is 6.48. The molecule has 1 aromatic heterocycles. The average molecular weight is 248 g/mol. The second-order valence-corrected chi connectivity index (χ2v) is 4.21. The minimum Gasteiger partial charge on any atom is -0.493 e. The number of rotatable bonds is 4. The van der Waals surface area contributed by atoms with E-state index in [1.807, 2.05) is 18.4 Å². The largest absolute Gasteiger partial charge is 0.493 e. The molecule has 1 heterocycles. The highest BCUT2D eigenvalue weighted by Gasteiger charge is 2.17. The standard InChI is InChI=1S/C12H12N2O2S/c1-2-16-9-5-3-4-8(11(13)15)10(9)12-14-6-7-17-12/h3-7H,2H2,1H3,(H2,13,15). The maximum absolute atomic E-state index is 11.4. The van der Waals surface area contributed by atoms with Gasteiger partial charge in [-0.1, -0.05) is 6.07 Å². The molecule has 4 nitrogen and oxygen atoms in total. The highest BCUT2D eigenvalue weighted by Crippen LogP contribution is 2.34. The lowest BCUT2D eigenvalue weighted by molar-refractivity contribution is 0.100. The Morgan fingerprint density at radius 2 is 2.35 bits per heavy atom. The number of hydrogen-bond donors (Lipinski definition) is 1. The van der Waals surface area contributed by atoms with Crippen LogP contribution in [-0.4, -0.2) is 17.5 Å². The van der Waals surface area contributed by atoms with Crippen LogP contribution in [0.1, 0.15) is 17.3 Å². The monoisotopic (exact) mass is 248 g/mol. The Labute approximate surface area is 103 Å². The Morgan fingerprint density at radius 3 is 2.94 bits per heavy atom. The topological polar surface area (TPSA) is 65.2 Å². The molecule has 88 valence electrons. The van der Waals surface area contributed by atoms with E-state index in [0.29, 0.717) is 23.5 Å². The van der Waals surface area contributed by atoms with Crippen LogP contribution in [-0.2, 0) is 0 Å². The SMILES string of the molecule is CCOc1cccc(C(N)=O)c1-c1nccs1. The van der Waals surface area contributed by atoms with Crippen LogP contribution < -0.4 is 10.5 Å². The van der Waals surface area contributed by atoms with Gasteiger partial charge in [0.2, 0.25) is 5.91 Å². The van der Waals surface area contributed by atoms with Crippen LogP contribution >= 0.6 is 11.3 Å². The number of benzene rings is 1. The van der Waals surface area contributed by atoms with E-state index in [0.717, 1.165) is 5.01 Å². The van der Waals surface area contributed by atoms with E-state index < -0.39 is 5.91 Å². The maximum atomic E-state index is 11.4. The van der Waals surface area contributed by atoms with Crippen molar-refractivity contribution in [1.29, 1.82) is 0 Å². The van der Waals surface area contributed by atoms with Crippen molar-refractivity contribution in [3.63, 3.8) is 0 Å². The highest BCUT2D eigenvalue weighted by atomic mass is 32.1. The lowest BCUT2D eigenvalue weighted by Gasteiger charge is -2.11. The number of primary amides is 1. The molecule has 0 fully saturated rings. The van der Waals surface area contributed by atoms with Crippen LogP contribution in [0.15, 0.2) is 29.8 Å². The van der Waals surface area contributed by atoms with Gasteiger partial charge in [-0.2, -0.15) is 0 Å². The zero-order valence-corrected chi connectivity index (χ0v) is 10.2. The zero-order valence-electron chi connectivity index (χ0n) is 9.34. The molecule has 2 aromatic rings. The Kier molecular flexibility index (Phi) is 3.39. The fourth-order valence-corrected chi connectivity index (χ4v) is 2.28. The summed E-state index contributed by atoms with van der Waals surface area (Å²) < 4.78 is 5.51. The number of nitrogens with two attached hydrogens (primary N) is 1. The van der Waals surface area contributed by atoms with Crippen molar-refractivity contribution in [2.75, 3.05) is 6.61 Å². The molecule has 0 saturated carbocycles. The summed E-state index contributed by atoms with van der Waals surface area (Å²) >= 11 is 1.45. The number of thiazole rings is 1. The lowest BCUT2D eigenvalue weighted by Crippen LogP contribution is -2.13. The van der Waals surface area contributed by atoms with Gasteiger partial charge in [0, 0.05) is 11.6 Å². The first-order chi connectivity index (χ1) is 8.24. The average Bonchev–Trinajstić information content (AvgIpc) is 2.82. The number of aromatic nitrogens is 1. The summed E-state index contributed by atoms with van der Waals surface area (Å²) in [7, 11) is 0. The second kappa shape index (κ2) is 4.97. The van der Waals surface area contributed by atoms with Gasteiger partial charge >= 0.3 is 0 Å². The van der Waals surface area contributed by atoms with E-state index in [1.165, 1.54) is 11.3 Å². The van der Waals surface area contributed by atoms with Crippen molar-refractivity contribution < 1.29 is 9.53 Å². The van der Waals surface area contributed by atoms with Crippen molar-refractivity contribution in [3.8, 4) is 16.3 Å². The van der Waals surface area contributed by atoms with E-state index in [1.54, 1.807) is 18.3 Å². The smallest absolute Gasteiger partial charge is 0.249 e. The second-order valence-electron chi connectivity index (χ2n) is 3.31. The summed E-state index contributed by atoms with van der Waals surface area (Å²) in [6.45, 7) is 2.42. The molecule has 1 amide bonds. The van der Waals surface area contributed by atoms with Crippen LogP contribution in [0.25, 0.3) is 10.6 Å². The van der Waals surface area contributed by atoms with Gasteiger partial charge < -0.3 is 10.5 Å². The molecule has 0 saturated heterocycles. The van der Waals surface area contributed by atoms with Crippen LogP contribution in [0.5, 0.6) is 5.75 Å². The molecule has 0 unspecified atom stereocenters. The molecule has 2 N–H and O–H groups in total. The first-order valence-electron chi connectivity index (χ1n) is 5.19. The fraction of sp³-hybridized carbons (Fsp3) is 0.167. The third-order valence-electron chi connectivity index (χ3n) is 2.24. The Morgan fingerprint density at radius 1 is 1.53 bits per heavy atom. The number of hydrogen-bond acceptors (Lipinski definition) is 4. The summed E-state index contributed by atoms with van der Waals surface area (Å²) in [6, 6.07) is 5.25. The van der Waals surface area contributed by atoms with Gasteiger partial charge in [0.25, 0.3) is 0 Å². The van der Waals surface area contributed by atoms with Crippen LogP contribution in [0.2, 0.25) is 0 Å². The van der Waals surface area contributed by atoms with Crippen molar-refractivity contribution in [2.24, 2.45) is 5.73 Å². The molecule has 0 aliphatic carbocycles. The maximum Gasteiger partial charge on any atom is 0.249 e. The number of carbonyl (C=O) groups is 1. The third-order valence-corrected chi connectivity index (χ3v) is 3.03. The van der Waals surface area contributed by atoms with E-state index in [-0.39, 0.29) is 0 Å². The van der Waals surface area contributed by atoms with E-state index in [9.17, 15) is 4.79 Å². The summed E-state index contributed by atoms with van der Waals surface area (Å²) in [6.07, 6.45) is 1.69. The molecule has 2 rings (SSSR count). The predicted molar refractivity (Wildman–Crippen MR) is 67.2 cm³/mol. The molecule has 0 bridgehead atoms. The third kappa shape index (κ3) is 2.29. The minimum absolute atomic E-state index is 0.436. The molecule has 1 aromatic carbocycles. The van der Waals surface area contributed by atoms with Gasteiger partial charge in [0.05, 0.1) is 17.7 Å². The van der Waals surface area contributed by atoms with E-state index >= 15 is 0 Å². The molecule has 5 heteroatoms. The van der Waals surface area contributed by atoms with E-state index in [2.05, 4.69) is 4.98 Å². The van der Waals surface area contributed by atoms with Gasteiger partial charge in [-0.3, -0.25) is 4.79 Å². The van der Waals surface area contributed by atoms with Crippen molar-refractivity contribution in [1.82, 2.24) is 4.98 Å². The van der Waals surface area contributed by atoms with Crippen molar-refractivity contribution in [3.05, 3.63) is 35.3 Å². The lowest BCUT2D eigenvalue weighted by atomic mass is 10.1. The predicted octanol–water partition coefficient (Wildman–Crippen LogP) is 2.31. The summed E-state index contributed by atoms with van der Waals surface area (Å²) in [5, 5.41) is 2.59. The van der Waals surface area contributed by atoms with Gasteiger partial charge in [0.1, 0.15) is 10.8 Å². The first-order valence-corrected chi connectivity index (χ1v) is 6.07. The minimum atomic E-state index is -0.475. The Bertz CT molecular complexity index is 523. The molecular formula is C12H12N2O2S. The van der Waals surface area contributed by atoms with Gasteiger partial charge in [-0.05, 0) is 19.1 Å². The van der Waals surface area contributed by atoms with Crippen molar-refractivity contribution >= 4 is 17.2 Å². The fourth-order valence-electron chi connectivity index (χ4n) is 1.58. The summed E-state index contributed by atoms with van der Waals surface area (Å²) in [5.74, 6) is 0.163. The molecule has 0 atom stereocenters. The van der Waals surface area contributed by atoms with Gasteiger partial charge in [-0.15, -0.1) is 11.3 Å². The molecular weight excluding hydrogens is 236 g/mol. The number of nitrogens with zero attached hydrogens (tertiary/aromatic N) is 1. The zero-order chi connectivity index (χ0) is 12.3. The highest BCUT2D eigenvalue weighted by molar-refractivity contribution is 7.13. The Balaban J connectivity index is 2.62. The van der Waals surface area contributed by atoms with Crippen LogP contribution in [0, 0.1) is 0 Å². The molecule has 17 heavy (non-hydrogen) atoms. The number of amides is 1. The van der Waals surface area contributed by atoms with Gasteiger partial charge in [0.15, 0.2) is 0 Å². The molecule has 0 aliphatic heterocycles. The van der Waals surface area contributed by atoms with Crippen molar-refractivity contribution in [2.45, 2.75) is 6.92 Å². The summed E-state index contributed by atoms with van der Waals surface area (Å²) in [4.78, 5) is 15.6. The molecule has 0 aliphatic rings. The van der Waals surface area contributed by atoms with Gasteiger partial charge in [-0.25, -0.2) is 4.98 Å². The normalized spacial score (nSPS) is 10.2. The Hall–Kier alpha value is -1.88. The molecule has 0 radical (unpaired) electrons.